The third kappa shape index (κ3) is 4.44. The Morgan fingerprint density at radius 2 is 2.10 bits per heavy atom. The highest BCUT2D eigenvalue weighted by atomic mass is 19.3. The first kappa shape index (κ1) is 15.3. The third-order valence-corrected chi connectivity index (χ3v) is 3.01. The van der Waals surface area contributed by atoms with Crippen molar-refractivity contribution in [3.05, 3.63) is 17.9 Å². The fourth-order valence-corrected chi connectivity index (χ4v) is 1.78. The Morgan fingerprint density at radius 3 is 2.71 bits per heavy atom. The predicted octanol–water partition coefficient (Wildman–Crippen LogP) is 1.95. The summed E-state index contributed by atoms with van der Waals surface area (Å²) in [4.78, 5) is 11.4. The van der Waals surface area contributed by atoms with Gasteiger partial charge in [-0.15, -0.1) is 0 Å². The number of carbonyl (C=O) groups excluding carboxylic acids is 1. The molecule has 1 aliphatic carbocycles. The van der Waals surface area contributed by atoms with E-state index in [0.29, 0.717) is 13.1 Å². The first-order valence-corrected chi connectivity index (χ1v) is 6.53. The molecule has 0 atom stereocenters. The Balaban J connectivity index is 1.87. The summed E-state index contributed by atoms with van der Waals surface area (Å²) in [5.41, 5.74) is 5.93. The van der Waals surface area contributed by atoms with E-state index in [1.54, 1.807) is 0 Å². The van der Waals surface area contributed by atoms with Crippen molar-refractivity contribution < 1.29 is 22.7 Å². The number of anilines is 2. The lowest BCUT2D eigenvalue weighted by atomic mass is 10.2. The van der Waals surface area contributed by atoms with Gasteiger partial charge in [0.25, 0.3) is 0 Å². The molecule has 1 aliphatic rings. The first-order chi connectivity index (χ1) is 9.97. The van der Waals surface area contributed by atoms with Gasteiger partial charge in [-0.3, -0.25) is 4.79 Å². The lowest BCUT2D eigenvalue weighted by molar-refractivity contribution is -0.122. The maximum absolute atomic E-state index is 13.4. The molecule has 0 aliphatic heterocycles. The van der Waals surface area contributed by atoms with Crippen LogP contribution in [-0.4, -0.2) is 25.6 Å². The molecule has 0 radical (unpaired) electrons. The number of nitrogens with two attached hydrogens (primary N) is 1. The fourth-order valence-electron chi connectivity index (χ4n) is 1.78. The Labute approximate surface area is 119 Å². The molecular formula is C13H16F3N3O2. The van der Waals surface area contributed by atoms with Gasteiger partial charge in [0, 0.05) is 31.1 Å². The first-order valence-electron chi connectivity index (χ1n) is 6.53. The van der Waals surface area contributed by atoms with Crippen molar-refractivity contribution in [3.63, 3.8) is 0 Å². The van der Waals surface area contributed by atoms with E-state index in [0.717, 1.165) is 25.0 Å². The number of halogens is 3. The number of alkyl halides is 2. The lowest BCUT2D eigenvalue weighted by Gasteiger charge is -2.13. The van der Waals surface area contributed by atoms with Gasteiger partial charge in [0.05, 0.1) is 11.4 Å². The minimum atomic E-state index is -3.12. The maximum atomic E-state index is 13.4. The molecule has 8 heteroatoms. The molecule has 1 aromatic rings. The monoisotopic (exact) mass is 303 g/mol. The number of nitrogen functional groups attached to an aromatic ring is 1. The highest BCUT2D eigenvalue weighted by Gasteiger charge is 2.28. The smallest absolute Gasteiger partial charge is 0.387 e. The van der Waals surface area contributed by atoms with Crippen LogP contribution in [0.3, 0.4) is 0 Å². The van der Waals surface area contributed by atoms with E-state index in [4.69, 9.17) is 5.73 Å². The number of benzene rings is 1. The number of amides is 1. The second kappa shape index (κ2) is 6.55. The zero-order chi connectivity index (χ0) is 15.4. The number of carbonyl (C=O) groups is 1. The Bertz CT molecular complexity index is 522. The zero-order valence-corrected chi connectivity index (χ0v) is 11.2. The molecule has 1 aromatic carbocycles. The normalized spacial score (nSPS) is 14.1. The quantitative estimate of drug-likeness (QED) is 0.531. The van der Waals surface area contributed by atoms with Crippen LogP contribution in [0.15, 0.2) is 12.1 Å². The predicted molar refractivity (Wildman–Crippen MR) is 71.7 cm³/mol. The highest BCUT2D eigenvalue weighted by molar-refractivity contribution is 5.80. The van der Waals surface area contributed by atoms with E-state index in [2.05, 4.69) is 15.4 Å². The van der Waals surface area contributed by atoms with Crippen LogP contribution in [0.2, 0.25) is 0 Å². The zero-order valence-electron chi connectivity index (χ0n) is 11.2. The van der Waals surface area contributed by atoms with Crippen molar-refractivity contribution in [2.75, 3.05) is 24.1 Å². The van der Waals surface area contributed by atoms with E-state index in [9.17, 15) is 18.0 Å². The molecule has 5 nitrogen and oxygen atoms in total. The molecule has 0 heterocycles. The van der Waals surface area contributed by atoms with Crippen LogP contribution in [-0.2, 0) is 4.79 Å². The topological polar surface area (TPSA) is 76.4 Å². The van der Waals surface area contributed by atoms with Crippen molar-refractivity contribution in [2.24, 2.45) is 5.92 Å². The van der Waals surface area contributed by atoms with Gasteiger partial charge in [-0.05, 0) is 12.8 Å². The summed E-state index contributed by atoms with van der Waals surface area (Å²) >= 11 is 0. The van der Waals surface area contributed by atoms with Gasteiger partial charge in [0.2, 0.25) is 5.91 Å². The van der Waals surface area contributed by atoms with Crippen molar-refractivity contribution in [2.45, 2.75) is 19.5 Å². The highest BCUT2D eigenvalue weighted by Crippen LogP contribution is 2.29. The molecule has 21 heavy (non-hydrogen) atoms. The van der Waals surface area contributed by atoms with Gasteiger partial charge in [-0.25, -0.2) is 4.39 Å². The Kier molecular flexibility index (Phi) is 4.77. The van der Waals surface area contributed by atoms with Gasteiger partial charge in [0.1, 0.15) is 0 Å². The van der Waals surface area contributed by atoms with Gasteiger partial charge in [0.15, 0.2) is 11.6 Å². The van der Waals surface area contributed by atoms with E-state index < -0.39 is 18.2 Å². The van der Waals surface area contributed by atoms with Crippen LogP contribution < -0.4 is 21.1 Å². The van der Waals surface area contributed by atoms with E-state index in [1.807, 2.05) is 0 Å². The van der Waals surface area contributed by atoms with E-state index in [-0.39, 0.29) is 23.2 Å². The number of rotatable bonds is 7. The Morgan fingerprint density at radius 1 is 1.38 bits per heavy atom. The number of ether oxygens (including phenoxy) is 1. The van der Waals surface area contributed by atoms with Gasteiger partial charge >= 0.3 is 6.61 Å². The van der Waals surface area contributed by atoms with E-state index >= 15 is 0 Å². The molecule has 0 bridgehead atoms. The minimum Gasteiger partial charge on any atom is -0.432 e. The summed E-state index contributed by atoms with van der Waals surface area (Å²) in [7, 11) is 0. The largest absolute Gasteiger partial charge is 0.432 e. The number of hydrogen-bond acceptors (Lipinski definition) is 4. The molecule has 4 N–H and O–H groups in total. The van der Waals surface area contributed by atoms with Crippen LogP contribution in [0.4, 0.5) is 24.5 Å². The molecule has 1 amide bonds. The summed E-state index contributed by atoms with van der Waals surface area (Å²) in [5, 5.41) is 5.56. The van der Waals surface area contributed by atoms with Crippen molar-refractivity contribution in [1.29, 1.82) is 0 Å². The van der Waals surface area contributed by atoms with Crippen LogP contribution in [0.25, 0.3) is 0 Å². The molecule has 2 rings (SSSR count). The summed E-state index contributed by atoms with van der Waals surface area (Å²) in [5.74, 6) is -1.42. The average molecular weight is 303 g/mol. The molecule has 1 saturated carbocycles. The van der Waals surface area contributed by atoms with Crippen LogP contribution in [0, 0.1) is 11.7 Å². The van der Waals surface area contributed by atoms with Crippen LogP contribution in [0.1, 0.15) is 12.8 Å². The Hall–Kier alpha value is -2.12. The molecule has 1 fully saturated rings. The molecule has 116 valence electrons. The van der Waals surface area contributed by atoms with Gasteiger partial charge in [-0.2, -0.15) is 8.78 Å². The minimum absolute atomic E-state index is 0.00519. The molecule has 0 saturated heterocycles. The standard InChI is InChI=1S/C13H16F3N3O2/c14-8-5-9(17)10(6-11(8)21-13(15)16)18-3-4-19-12(20)7-1-2-7/h5-7,13,18H,1-4,17H2,(H,19,20). The lowest BCUT2D eigenvalue weighted by Crippen LogP contribution is -2.29. The maximum Gasteiger partial charge on any atom is 0.387 e. The van der Waals surface area contributed by atoms with Crippen molar-refractivity contribution in [3.8, 4) is 5.75 Å². The van der Waals surface area contributed by atoms with Crippen molar-refractivity contribution in [1.82, 2.24) is 5.32 Å². The van der Waals surface area contributed by atoms with Crippen LogP contribution >= 0.6 is 0 Å². The average Bonchev–Trinajstić information content (AvgIpc) is 3.23. The summed E-state index contributed by atoms with van der Waals surface area (Å²) < 4.78 is 41.7. The van der Waals surface area contributed by atoms with E-state index in [1.165, 1.54) is 0 Å². The van der Waals surface area contributed by atoms with Gasteiger partial charge < -0.3 is 21.1 Å². The SMILES string of the molecule is Nc1cc(F)c(OC(F)F)cc1NCCNC(=O)C1CC1. The number of nitrogens with one attached hydrogen (secondary N) is 2. The van der Waals surface area contributed by atoms with Crippen LogP contribution in [0.5, 0.6) is 5.75 Å². The third-order valence-electron chi connectivity index (χ3n) is 3.01. The molecule has 0 spiro atoms. The van der Waals surface area contributed by atoms with Gasteiger partial charge in [-0.1, -0.05) is 0 Å². The molecular weight excluding hydrogens is 287 g/mol. The van der Waals surface area contributed by atoms with Crippen molar-refractivity contribution >= 4 is 17.3 Å². The summed E-state index contributed by atoms with van der Waals surface area (Å²) in [6, 6.07) is 1.97. The second-order valence-electron chi connectivity index (χ2n) is 4.74. The molecule has 0 unspecified atom stereocenters. The second-order valence-corrected chi connectivity index (χ2v) is 4.74. The summed E-state index contributed by atoms with van der Waals surface area (Å²) in [6.45, 7) is -2.42. The summed E-state index contributed by atoms with van der Waals surface area (Å²) in [6.07, 6.45) is 1.83. The number of hydrogen-bond donors (Lipinski definition) is 3. The molecule has 0 aromatic heterocycles. The fraction of sp³-hybridized carbons (Fsp3) is 0.462.